The van der Waals surface area contributed by atoms with E-state index >= 15 is 0 Å². The van der Waals surface area contributed by atoms with Crippen molar-refractivity contribution in [1.29, 1.82) is 0 Å². The summed E-state index contributed by atoms with van der Waals surface area (Å²) in [6, 6.07) is 5.68. The van der Waals surface area contributed by atoms with Crippen LogP contribution in [0.15, 0.2) is 18.2 Å². The molecule has 0 amide bonds. The first-order valence-corrected chi connectivity index (χ1v) is 9.29. The highest BCUT2D eigenvalue weighted by molar-refractivity contribution is 7.91. The second-order valence-electron chi connectivity index (χ2n) is 5.75. The van der Waals surface area contributed by atoms with Gasteiger partial charge in [0.05, 0.1) is 18.1 Å². The molecule has 122 valence electrons. The third-order valence-electron chi connectivity index (χ3n) is 4.10. The summed E-state index contributed by atoms with van der Waals surface area (Å²) in [5.41, 5.74) is 0. The van der Waals surface area contributed by atoms with Crippen molar-refractivity contribution in [3.8, 4) is 17.2 Å². The van der Waals surface area contributed by atoms with Crippen molar-refractivity contribution < 1.29 is 22.6 Å². The van der Waals surface area contributed by atoms with Gasteiger partial charge in [0.25, 0.3) is 0 Å². The van der Waals surface area contributed by atoms with Crippen molar-refractivity contribution >= 4 is 9.84 Å². The molecule has 1 aromatic carbocycles. The zero-order valence-electron chi connectivity index (χ0n) is 12.7. The van der Waals surface area contributed by atoms with Crippen molar-refractivity contribution in [1.82, 2.24) is 4.90 Å². The Morgan fingerprint density at radius 3 is 2.91 bits per heavy atom. The quantitative estimate of drug-likeness (QED) is 0.734. The van der Waals surface area contributed by atoms with Crippen molar-refractivity contribution in [3.63, 3.8) is 0 Å². The fourth-order valence-electron chi connectivity index (χ4n) is 2.78. The van der Waals surface area contributed by atoms with Crippen LogP contribution in [-0.2, 0) is 9.84 Å². The van der Waals surface area contributed by atoms with Crippen LogP contribution in [0.5, 0.6) is 17.2 Å². The molecule has 0 radical (unpaired) electrons. The Bertz CT molecular complexity index is 631. The molecule has 0 bridgehead atoms. The molecule has 1 fully saturated rings. The summed E-state index contributed by atoms with van der Waals surface area (Å²) < 4.78 is 39.2. The predicted molar refractivity (Wildman–Crippen MR) is 82.4 cm³/mol. The van der Waals surface area contributed by atoms with Crippen LogP contribution >= 0.6 is 0 Å². The highest BCUT2D eigenvalue weighted by atomic mass is 32.2. The third-order valence-corrected chi connectivity index (χ3v) is 5.85. The van der Waals surface area contributed by atoms with Gasteiger partial charge in [-0.2, -0.15) is 0 Å². The maximum absolute atomic E-state index is 11.5. The molecule has 0 spiro atoms. The van der Waals surface area contributed by atoms with Crippen LogP contribution in [0.2, 0.25) is 0 Å². The number of hydrogen-bond donors (Lipinski definition) is 0. The van der Waals surface area contributed by atoms with E-state index in [1.54, 1.807) is 0 Å². The monoisotopic (exact) mass is 327 g/mol. The predicted octanol–water partition coefficient (Wildman–Crippen LogP) is 1.30. The number of nitrogens with zero attached hydrogens (tertiary/aromatic N) is 1. The minimum absolute atomic E-state index is 0.149. The second kappa shape index (κ2) is 6.34. The van der Waals surface area contributed by atoms with Crippen molar-refractivity contribution in [3.05, 3.63) is 18.2 Å². The molecule has 6 nitrogen and oxygen atoms in total. The lowest BCUT2D eigenvalue weighted by Gasteiger charge is -2.22. The fourth-order valence-corrected chi connectivity index (χ4v) is 4.58. The molecule has 0 aromatic heterocycles. The molecule has 0 unspecified atom stereocenters. The van der Waals surface area contributed by atoms with E-state index in [0.29, 0.717) is 18.1 Å². The molecule has 2 aliphatic heterocycles. The zero-order chi connectivity index (χ0) is 15.6. The number of fused-ring (bicyclic) bond motifs is 1. The molecule has 0 aliphatic carbocycles. The van der Waals surface area contributed by atoms with E-state index in [-0.39, 0.29) is 18.6 Å². The maximum atomic E-state index is 11.5. The molecule has 0 saturated carbocycles. The van der Waals surface area contributed by atoms with Gasteiger partial charge >= 0.3 is 0 Å². The molecule has 2 heterocycles. The van der Waals surface area contributed by atoms with Crippen molar-refractivity contribution in [2.45, 2.75) is 18.9 Å². The largest absolute Gasteiger partial charge is 0.493 e. The van der Waals surface area contributed by atoms with Gasteiger partial charge in [-0.25, -0.2) is 8.42 Å². The van der Waals surface area contributed by atoms with Gasteiger partial charge in [-0.1, -0.05) is 0 Å². The minimum atomic E-state index is -2.82. The molecule has 7 heteroatoms. The van der Waals surface area contributed by atoms with Crippen molar-refractivity contribution in [2.75, 3.05) is 38.5 Å². The highest BCUT2D eigenvalue weighted by Gasteiger charge is 2.30. The lowest BCUT2D eigenvalue weighted by atomic mass is 10.2. The maximum Gasteiger partial charge on any atom is 0.231 e. The van der Waals surface area contributed by atoms with Gasteiger partial charge in [0.15, 0.2) is 21.3 Å². The zero-order valence-corrected chi connectivity index (χ0v) is 13.5. The molecular weight excluding hydrogens is 306 g/mol. The number of benzene rings is 1. The molecule has 1 atom stereocenters. The van der Waals surface area contributed by atoms with Crippen LogP contribution in [0.25, 0.3) is 0 Å². The fraction of sp³-hybridized carbons (Fsp3) is 0.600. The topological polar surface area (TPSA) is 65.1 Å². The molecule has 0 N–H and O–H groups in total. The van der Waals surface area contributed by atoms with Gasteiger partial charge < -0.3 is 19.1 Å². The van der Waals surface area contributed by atoms with Gasteiger partial charge in [0.1, 0.15) is 5.75 Å². The Morgan fingerprint density at radius 1 is 1.32 bits per heavy atom. The van der Waals surface area contributed by atoms with Crippen LogP contribution in [0.3, 0.4) is 0 Å². The number of hydrogen-bond acceptors (Lipinski definition) is 6. The summed E-state index contributed by atoms with van der Waals surface area (Å²) in [6.45, 7) is 1.67. The lowest BCUT2D eigenvalue weighted by molar-refractivity contribution is 0.173. The SMILES string of the molecule is CN(CCCOc1ccc2c(c1)OCO2)[C@H]1CCS(=O)(=O)C1. The van der Waals surface area contributed by atoms with Gasteiger partial charge in [-0.15, -0.1) is 0 Å². The van der Waals surface area contributed by atoms with E-state index < -0.39 is 9.84 Å². The normalized spacial score (nSPS) is 22.2. The second-order valence-corrected chi connectivity index (χ2v) is 7.98. The minimum Gasteiger partial charge on any atom is -0.493 e. The average molecular weight is 327 g/mol. The van der Waals surface area contributed by atoms with Crippen LogP contribution in [-0.4, -0.2) is 57.9 Å². The van der Waals surface area contributed by atoms with Crippen LogP contribution in [0, 0.1) is 0 Å². The van der Waals surface area contributed by atoms with Gasteiger partial charge in [-0.05, 0) is 32.0 Å². The first-order chi connectivity index (χ1) is 10.5. The standard InChI is InChI=1S/C15H21NO5S/c1-16(12-5-8-22(17,18)10-12)6-2-7-19-13-3-4-14-15(9-13)21-11-20-14/h3-4,9,12H,2,5-8,10-11H2,1H3/t12-/m0/s1. The summed E-state index contributed by atoms with van der Waals surface area (Å²) in [4.78, 5) is 2.12. The first kappa shape index (κ1) is 15.4. The van der Waals surface area contributed by atoms with E-state index in [1.807, 2.05) is 25.2 Å². The van der Waals surface area contributed by atoms with Crippen LogP contribution in [0.1, 0.15) is 12.8 Å². The molecule has 1 saturated heterocycles. The smallest absolute Gasteiger partial charge is 0.231 e. The Morgan fingerprint density at radius 2 is 2.14 bits per heavy atom. The average Bonchev–Trinajstić information content (AvgIpc) is 3.08. The summed E-state index contributed by atoms with van der Waals surface area (Å²) in [6.07, 6.45) is 1.59. The summed E-state index contributed by atoms with van der Waals surface area (Å²) in [7, 11) is -0.840. The highest BCUT2D eigenvalue weighted by Crippen LogP contribution is 2.35. The molecule has 3 rings (SSSR count). The Balaban J connectivity index is 1.40. The van der Waals surface area contributed by atoms with Crippen LogP contribution < -0.4 is 14.2 Å². The summed E-state index contributed by atoms with van der Waals surface area (Å²) in [5.74, 6) is 2.82. The molecule has 2 aliphatic rings. The van der Waals surface area contributed by atoms with E-state index in [2.05, 4.69) is 4.90 Å². The van der Waals surface area contributed by atoms with Crippen LogP contribution in [0.4, 0.5) is 0 Å². The first-order valence-electron chi connectivity index (χ1n) is 7.47. The number of ether oxygens (including phenoxy) is 3. The molecule has 22 heavy (non-hydrogen) atoms. The van der Waals surface area contributed by atoms with Crippen molar-refractivity contribution in [2.24, 2.45) is 0 Å². The van der Waals surface area contributed by atoms with Gasteiger partial charge in [0, 0.05) is 18.7 Å². The Labute approximate surface area is 130 Å². The van der Waals surface area contributed by atoms with Gasteiger partial charge in [0.2, 0.25) is 6.79 Å². The summed E-state index contributed by atoms with van der Waals surface area (Å²) >= 11 is 0. The van der Waals surface area contributed by atoms with Gasteiger partial charge in [-0.3, -0.25) is 0 Å². The van der Waals surface area contributed by atoms with E-state index in [1.165, 1.54) is 0 Å². The molecule has 1 aromatic rings. The third kappa shape index (κ3) is 3.64. The Hall–Kier alpha value is -1.47. The Kier molecular flexibility index (Phi) is 4.44. The van der Waals surface area contributed by atoms with E-state index in [4.69, 9.17) is 14.2 Å². The lowest BCUT2D eigenvalue weighted by Crippen LogP contribution is -2.34. The number of rotatable bonds is 6. The van der Waals surface area contributed by atoms with E-state index in [9.17, 15) is 8.42 Å². The summed E-state index contributed by atoms with van der Waals surface area (Å²) in [5, 5.41) is 0. The van der Waals surface area contributed by atoms with E-state index in [0.717, 1.165) is 30.9 Å². The molecular formula is C15H21NO5S. The number of sulfone groups is 1.